The van der Waals surface area contributed by atoms with Crippen LogP contribution < -0.4 is 15.8 Å². The number of nitrogens with one attached hydrogen (secondary N) is 2. The highest BCUT2D eigenvalue weighted by Gasteiger charge is 2.19. The van der Waals surface area contributed by atoms with Crippen molar-refractivity contribution in [2.75, 3.05) is 18.8 Å². The fourth-order valence-electron chi connectivity index (χ4n) is 1.70. The Morgan fingerprint density at radius 2 is 1.91 bits per heavy atom. The van der Waals surface area contributed by atoms with Crippen LogP contribution in [-0.4, -0.2) is 33.2 Å². The summed E-state index contributed by atoms with van der Waals surface area (Å²) in [5, 5.41) is 2.76. The van der Waals surface area contributed by atoms with E-state index in [4.69, 9.17) is 22.1 Å². The third-order valence-electron chi connectivity index (χ3n) is 2.67. The summed E-state index contributed by atoms with van der Waals surface area (Å²) in [5.41, 5.74) is 5.70. The molecule has 9 heteroatoms. The average molecular weight is 364 g/mol. The molecule has 4 N–H and O–H groups in total. The van der Waals surface area contributed by atoms with Gasteiger partial charge in [-0.3, -0.25) is 0 Å². The third kappa shape index (κ3) is 6.25. The van der Waals surface area contributed by atoms with Crippen LogP contribution in [0.5, 0.6) is 0 Å². The Labute approximate surface area is 141 Å². The number of anilines is 1. The summed E-state index contributed by atoms with van der Waals surface area (Å²) in [4.78, 5) is 11.5. The maximum atomic E-state index is 12.2. The van der Waals surface area contributed by atoms with E-state index in [1.807, 2.05) is 0 Å². The summed E-state index contributed by atoms with van der Waals surface area (Å²) < 4.78 is 31.9. The van der Waals surface area contributed by atoms with Crippen molar-refractivity contribution in [1.29, 1.82) is 0 Å². The number of ether oxygens (including phenoxy) is 1. The molecule has 130 valence electrons. The molecule has 1 rings (SSSR count). The van der Waals surface area contributed by atoms with Crippen molar-refractivity contribution >= 4 is 33.4 Å². The number of alkyl carbamates (subject to hydrolysis) is 1. The van der Waals surface area contributed by atoms with E-state index in [0.29, 0.717) is 10.6 Å². The SMILES string of the molecule is Cc1cc(Cl)c(N)cc1S(=O)(=O)NCCNC(=O)OC(C)(C)C. The normalized spacial score (nSPS) is 12.0. The van der Waals surface area contributed by atoms with Gasteiger partial charge in [0, 0.05) is 13.1 Å². The van der Waals surface area contributed by atoms with Gasteiger partial charge in [0.2, 0.25) is 10.0 Å². The zero-order chi connectivity index (χ0) is 17.8. The predicted molar refractivity (Wildman–Crippen MR) is 90.0 cm³/mol. The second-order valence-electron chi connectivity index (χ2n) is 5.97. The molecule has 0 saturated heterocycles. The molecule has 0 fully saturated rings. The number of hydrogen-bond donors (Lipinski definition) is 3. The van der Waals surface area contributed by atoms with Gasteiger partial charge in [-0.05, 0) is 45.4 Å². The zero-order valence-corrected chi connectivity index (χ0v) is 15.1. The molecule has 23 heavy (non-hydrogen) atoms. The van der Waals surface area contributed by atoms with Gasteiger partial charge in [-0.25, -0.2) is 17.9 Å². The molecule has 0 bridgehead atoms. The van der Waals surface area contributed by atoms with Crippen molar-refractivity contribution in [3.63, 3.8) is 0 Å². The topological polar surface area (TPSA) is 111 Å². The minimum absolute atomic E-state index is 0.0174. The second-order valence-corrected chi connectivity index (χ2v) is 8.11. The minimum atomic E-state index is -3.74. The van der Waals surface area contributed by atoms with Crippen LogP contribution in [0.15, 0.2) is 17.0 Å². The lowest BCUT2D eigenvalue weighted by molar-refractivity contribution is 0.0529. The largest absolute Gasteiger partial charge is 0.444 e. The maximum Gasteiger partial charge on any atom is 0.407 e. The Balaban J connectivity index is 2.61. The van der Waals surface area contributed by atoms with Crippen molar-refractivity contribution in [1.82, 2.24) is 10.0 Å². The summed E-state index contributed by atoms with van der Waals surface area (Å²) in [6.07, 6.45) is -0.608. The molecule has 0 aliphatic rings. The van der Waals surface area contributed by atoms with E-state index >= 15 is 0 Å². The lowest BCUT2D eigenvalue weighted by Crippen LogP contribution is -2.38. The van der Waals surface area contributed by atoms with Crippen LogP contribution in [0.4, 0.5) is 10.5 Å². The molecule has 0 saturated carbocycles. The first-order chi connectivity index (χ1) is 10.4. The van der Waals surface area contributed by atoms with E-state index in [1.54, 1.807) is 27.7 Å². The lowest BCUT2D eigenvalue weighted by atomic mass is 10.2. The molecule has 0 spiro atoms. The lowest BCUT2D eigenvalue weighted by Gasteiger charge is -2.19. The molecule has 0 atom stereocenters. The predicted octanol–water partition coefficient (Wildman–Crippen LogP) is 2.03. The minimum Gasteiger partial charge on any atom is -0.444 e. The van der Waals surface area contributed by atoms with Crippen LogP contribution in [0.3, 0.4) is 0 Å². The Kier molecular flexibility index (Phi) is 6.26. The van der Waals surface area contributed by atoms with Gasteiger partial charge in [0.05, 0.1) is 15.6 Å². The number of nitrogens with two attached hydrogens (primary N) is 1. The number of aryl methyl sites for hydroxylation is 1. The Bertz CT molecular complexity index is 684. The standard InChI is InChI=1S/C14H22ClN3O4S/c1-9-7-10(15)11(16)8-12(9)23(20,21)18-6-5-17-13(19)22-14(2,3)4/h7-8,18H,5-6,16H2,1-4H3,(H,17,19). The molecule has 1 aromatic rings. The smallest absolute Gasteiger partial charge is 0.407 e. The van der Waals surface area contributed by atoms with E-state index in [-0.39, 0.29) is 23.7 Å². The Morgan fingerprint density at radius 1 is 1.30 bits per heavy atom. The van der Waals surface area contributed by atoms with Gasteiger partial charge in [-0.1, -0.05) is 11.6 Å². The summed E-state index contributed by atoms with van der Waals surface area (Å²) in [7, 11) is -3.74. The van der Waals surface area contributed by atoms with E-state index in [0.717, 1.165) is 0 Å². The number of benzene rings is 1. The highest BCUT2D eigenvalue weighted by atomic mass is 35.5. The second kappa shape index (κ2) is 7.37. The third-order valence-corrected chi connectivity index (χ3v) is 4.60. The average Bonchev–Trinajstić information content (AvgIpc) is 2.37. The van der Waals surface area contributed by atoms with E-state index in [2.05, 4.69) is 10.0 Å². The van der Waals surface area contributed by atoms with Crippen molar-refractivity contribution in [3.05, 3.63) is 22.7 Å². The van der Waals surface area contributed by atoms with Crippen molar-refractivity contribution < 1.29 is 17.9 Å². The van der Waals surface area contributed by atoms with Crippen molar-refractivity contribution in [3.8, 4) is 0 Å². The molecular weight excluding hydrogens is 342 g/mol. The fourth-order valence-corrected chi connectivity index (χ4v) is 3.21. The van der Waals surface area contributed by atoms with Gasteiger partial charge in [0.25, 0.3) is 0 Å². The molecule has 0 aliphatic carbocycles. The molecule has 1 amide bonds. The number of carbonyl (C=O) groups is 1. The van der Waals surface area contributed by atoms with Crippen molar-refractivity contribution in [2.45, 2.75) is 38.2 Å². The van der Waals surface area contributed by atoms with Gasteiger partial charge in [-0.15, -0.1) is 0 Å². The highest BCUT2D eigenvalue weighted by molar-refractivity contribution is 7.89. The Hall–Kier alpha value is -1.51. The first kappa shape index (κ1) is 19.5. The van der Waals surface area contributed by atoms with Gasteiger partial charge in [0.15, 0.2) is 0 Å². The quantitative estimate of drug-likeness (QED) is 0.547. The van der Waals surface area contributed by atoms with Gasteiger partial charge >= 0.3 is 6.09 Å². The first-order valence-electron chi connectivity index (χ1n) is 6.94. The van der Waals surface area contributed by atoms with Crippen LogP contribution in [0.2, 0.25) is 5.02 Å². The van der Waals surface area contributed by atoms with E-state index in [9.17, 15) is 13.2 Å². The molecule has 0 radical (unpaired) electrons. The number of amides is 1. The molecular formula is C14H22ClN3O4S. The number of nitrogen functional groups attached to an aromatic ring is 1. The number of hydrogen-bond acceptors (Lipinski definition) is 5. The monoisotopic (exact) mass is 363 g/mol. The van der Waals surface area contributed by atoms with E-state index < -0.39 is 21.7 Å². The van der Waals surface area contributed by atoms with Crippen LogP contribution in [-0.2, 0) is 14.8 Å². The fraction of sp³-hybridized carbons (Fsp3) is 0.500. The van der Waals surface area contributed by atoms with Gasteiger partial charge in [0.1, 0.15) is 5.60 Å². The van der Waals surface area contributed by atoms with Crippen LogP contribution in [0, 0.1) is 6.92 Å². The van der Waals surface area contributed by atoms with E-state index in [1.165, 1.54) is 12.1 Å². The summed E-state index contributed by atoms with van der Waals surface area (Å²) in [6.45, 7) is 6.95. The number of halogens is 1. The molecule has 0 aliphatic heterocycles. The highest BCUT2D eigenvalue weighted by Crippen LogP contribution is 2.25. The maximum absolute atomic E-state index is 12.2. The van der Waals surface area contributed by atoms with Crippen molar-refractivity contribution in [2.24, 2.45) is 0 Å². The van der Waals surface area contributed by atoms with Crippen LogP contribution >= 0.6 is 11.6 Å². The summed E-state index contributed by atoms with van der Waals surface area (Å²) in [5.74, 6) is 0. The molecule has 0 heterocycles. The van der Waals surface area contributed by atoms with Crippen LogP contribution in [0.25, 0.3) is 0 Å². The molecule has 1 aromatic carbocycles. The van der Waals surface area contributed by atoms with Crippen LogP contribution in [0.1, 0.15) is 26.3 Å². The Morgan fingerprint density at radius 3 is 2.48 bits per heavy atom. The summed E-state index contributed by atoms with van der Waals surface area (Å²) in [6, 6.07) is 2.80. The number of carbonyl (C=O) groups excluding carboxylic acids is 1. The zero-order valence-electron chi connectivity index (χ0n) is 13.6. The van der Waals surface area contributed by atoms with Gasteiger partial charge < -0.3 is 15.8 Å². The number of rotatable bonds is 5. The molecule has 7 nitrogen and oxygen atoms in total. The molecule has 0 unspecified atom stereocenters. The summed E-state index contributed by atoms with van der Waals surface area (Å²) >= 11 is 5.85. The van der Waals surface area contributed by atoms with Gasteiger partial charge in [-0.2, -0.15) is 0 Å². The number of sulfonamides is 1. The first-order valence-corrected chi connectivity index (χ1v) is 8.80. The molecule has 0 aromatic heterocycles.